The Labute approximate surface area is 112 Å². The number of carboxylic acids is 1. The van der Waals surface area contributed by atoms with Gasteiger partial charge in [0.05, 0.1) is 6.42 Å². The number of aromatic nitrogens is 1. The van der Waals surface area contributed by atoms with E-state index in [1.54, 1.807) is 0 Å². The molecule has 10 heteroatoms. The molecule has 0 amide bonds. The first-order chi connectivity index (χ1) is 9.05. The van der Waals surface area contributed by atoms with Crippen LogP contribution in [0, 0.1) is 0 Å². The van der Waals surface area contributed by atoms with E-state index in [2.05, 4.69) is 4.98 Å². The number of alkyl halides is 3. The maximum absolute atomic E-state index is 12.3. The van der Waals surface area contributed by atoms with Crippen LogP contribution in [0.25, 0.3) is 0 Å². The minimum atomic E-state index is -4.66. The van der Waals surface area contributed by atoms with Crippen LogP contribution in [0.15, 0.2) is 23.2 Å². The van der Waals surface area contributed by atoms with Gasteiger partial charge >= 0.3 is 12.1 Å². The summed E-state index contributed by atoms with van der Waals surface area (Å²) >= 11 is 0. The third-order valence-electron chi connectivity index (χ3n) is 2.38. The standard InChI is InChI=1S/C10H11F3N2O4S/c1-15(5-4-9(16)17)20(18,19)7-2-3-8(14-6-7)10(11,12)13/h2-3,6H,4-5H2,1H3,(H,16,17). The van der Waals surface area contributed by atoms with Crippen LogP contribution < -0.4 is 0 Å². The van der Waals surface area contributed by atoms with Crippen molar-refractivity contribution in [1.82, 2.24) is 9.29 Å². The monoisotopic (exact) mass is 312 g/mol. The number of sulfonamides is 1. The fraction of sp³-hybridized carbons (Fsp3) is 0.400. The van der Waals surface area contributed by atoms with E-state index < -0.39 is 39.2 Å². The highest BCUT2D eigenvalue weighted by Crippen LogP contribution is 2.28. The molecule has 0 spiro atoms. The topological polar surface area (TPSA) is 87.6 Å². The van der Waals surface area contributed by atoms with Crippen LogP contribution in [0.5, 0.6) is 0 Å². The summed E-state index contributed by atoms with van der Waals surface area (Å²) in [6.45, 7) is -0.293. The van der Waals surface area contributed by atoms with Crippen LogP contribution in [-0.4, -0.2) is 42.4 Å². The largest absolute Gasteiger partial charge is 0.481 e. The van der Waals surface area contributed by atoms with Crippen LogP contribution in [0.1, 0.15) is 12.1 Å². The van der Waals surface area contributed by atoms with Gasteiger partial charge in [-0.1, -0.05) is 0 Å². The van der Waals surface area contributed by atoms with Crippen LogP contribution >= 0.6 is 0 Å². The van der Waals surface area contributed by atoms with Crippen LogP contribution in [0.4, 0.5) is 13.2 Å². The van der Waals surface area contributed by atoms with Gasteiger partial charge in [0.15, 0.2) is 0 Å². The van der Waals surface area contributed by atoms with E-state index >= 15 is 0 Å². The van der Waals surface area contributed by atoms with Gasteiger partial charge in [-0.25, -0.2) is 12.7 Å². The number of aliphatic carboxylic acids is 1. The maximum atomic E-state index is 12.3. The third kappa shape index (κ3) is 3.90. The van der Waals surface area contributed by atoms with Gasteiger partial charge in [-0.2, -0.15) is 13.2 Å². The van der Waals surface area contributed by atoms with Crippen LogP contribution in [-0.2, 0) is 21.0 Å². The SMILES string of the molecule is CN(CCC(=O)O)S(=O)(=O)c1ccc(C(F)(F)F)nc1. The molecule has 0 atom stereocenters. The molecule has 0 unspecified atom stereocenters. The van der Waals surface area contributed by atoms with E-state index in [0.717, 1.165) is 17.4 Å². The van der Waals surface area contributed by atoms with Gasteiger partial charge in [-0.15, -0.1) is 0 Å². The van der Waals surface area contributed by atoms with Gasteiger partial charge in [0.1, 0.15) is 10.6 Å². The molecule has 0 saturated carbocycles. The van der Waals surface area contributed by atoms with Crippen molar-refractivity contribution in [3.8, 4) is 0 Å². The number of halogens is 3. The van der Waals surface area contributed by atoms with Gasteiger partial charge in [0.25, 0.3) is 0 Å². The molecule has 0 aromatic carbocycles. The molecule has 1 rings (SSSR count). The van der Waals surface area contributed by atoms with E-state index in [1.165, 1.54) is 0 Å². The van der Waals surface area contributed by atoms with Crippen molar-refractivity contribution in [1.29, 1.82) is 0 Å². The number of hydrogen-bond acceptors (Lipinski definition) is 4. The predicted molar refractivity (Wildman–Crippen MR) is 61.3 cm³/mol. The zero-order valence-corrected chi connectivity index (χ0v) is 11.1. The van der Waals surface area contributed by atoms with E-state index in [-0.39, 0.29) is 6.54 Å². The highest BCUT2D eigenvalue weighted by molar-refractivity contribution is 7.89. The molecule has 0 aliphatic rings. The lowest BCUT2D eigenvalue weighted by Gasteiger charge is -2.16. The number of rotatable bonds is 5. The number of pyridine rings is 1. The van der Waals surface area contributed by atoms with Crippen molar-refractivity contribution < 1.29 is 31.5 Å². The molecule has 0 fully saturated rings. The van der Waals surface area contributed by atoms with Crippen molar-refractivity contribution in [2.45, 2.75) is 17.5 Å². The lowest BCUT2D eigenvalue weighted by Crippen LogP contribution is -2.29. The summed E-state index contributed by atoms with van der Waals surface area (Å²) in [4.78, 5) is 13.0. The first-order valence-corrected chi connectivity index (χ1v) is 6.70. The Bertz CT molecular complexity index is 584. The van der Waals surface area contributed by atoms with Crippen molar-refractivity contribution in [2.24, 2.45) is 0 Å². The molecule has 20 heavy (non-hydrogen) atoms. The summed E-state index contributed by atoms with van der Waals surface area (Å²) in [7, 11) is -2.92. The Kier molecular flexibility index (Phi) is 4.71. The second kappa shape index (κ2) is 5.75. The smallest absolute Gasteiger partial charge is 0.433 e. The summed E-state index contributed by atoms with van der Waals surface area (Å²) in [5.74, 6) is -1.18. The lowest BCUT2D eigenvalue weighted by molar-refractivity contribution is -0.141. The zero-order valence-electron chi connectivity index (χ0n) is 10.3. The van der Waals surface area contributed by atoms with Gasteiger partial charge in [0.2, 0.25) is 10.0 Å². The molecule has 6 nitrogen and oxygen atoms in total. The molecule has 112 valence electrons. The van der Waals surface area contributed by atoms with Gasteiger partial charge in [0, 0.05) is 19.8 Å². The Balaban J connectivity index is 2.96. The maximum Gasteiger partial charge on any atom is 0.433 e. The Hall–Kier alpha value is -1.68. The third-order valence-corrected chi connectivity index (χ3v) is 4.22. The summed E-state index contributed by atoms with van der Waals surface area (Å²) in [6.07, 6.45) is -4.48. The minimum Gasteiger partial charge on any atom is -0.481 e. The first-order valence-electron chi connectivity index (χ1n) is 5.26. The Morgan fingerprint density at radius 3 is 2.40 bits per heavy atom. The highest BCUT2D eigenvalue weighted by atomic mass is 32.2. The summed E-state index contributed by atoms with van der Waals surface area (Å²) < 4.78 is 61.5. The molecule has 0 bridgehead atoms. The van der Waals surface area contributed by atoms with Gasteiger partial charge < -0.3 is 5.11 Å². The molecular weight excluding hydrogens is 301 g/mol. The molecule has 0 aliphatic heterocycles. The van der Waals surface area contributed by atoms with Crippen molar-refractivity contribution in [3.63, 3.8) is 0 Å². The summed E-state index contributed by atoms with van der Waals surface area (Å²) in [5, 5.41) is 8.47. The minimum absolute atomic E-state index is 0.293. The quantitative estimate of drug-likeness (QED) is 0.882. The second-order valence-corrected chi connectivity index (χ2v) is 5.89. The Morgan fingerprint density at radius 1 is 1.40 bits per heavy atom. The van der Waals surface area contributed by atoms with Gasteiger partial charge in [-0.3, -0.25) is 9.78 Å². The van der Waals surface area contributed by atoms with Crippen LogP contribution in [0.2, 0.25) is 0 Å². The molecule has 0 aliphatic carbocycles. The average molecular weight is 312 g/mol. The molecule has 1 heterocycles. The highest BCUT2D eigenvalue weighted by Gasteiger charge is 2.33. The van der Waals surface area contributed by atoms with Gasteiger partial charge in [-0.05, 0) is 12.1 Å². The van der Waals surface area contributed by atoms with E-state index in [1.807, 2.05) is 0 Å². The van der Waals surface area contributed by atoms with Crippen LogP contribution in [0.3, 0.4) is 0 Å². The molecular formula is C10H11F3N2O4S. The Morgan fingerprint density at radius 2 is 2.00 bits per heavy atom. The molecule has 1 N–H and O–H groups in total. The number of nitrogens with zero attached hydrogens (tertiary/aromatic N) is 2. The lowest BCUT2D eigenvalue weighted by atomic mass is 10.3. The van der Waals surface area contributed by atoms with Crippen molar-refractivity contribution in [3.05, 3.63) is 24.0 Å². The first kappa shape index (κ1) is 16.4. The zero-order chi connectivity index (χ0) is 15.6. The fourth-order valence-electron chi connectivity index (χ4n) is 1.25. The van der Waals surface area contributed by atoms with Crippen molar-refractivity contribution in [2.75, 3.05) is 13.6 Å². The molecule has 0 saturated heterocycles. The fourth-order valence-corrected chi connectivity index (χ4v) is 2.37. The number of hydrogen-bond donors (Lipinski definition) is 1. The van der Waals surface area contributed by atoms with E-state index in [0.29, 0.717) is 12.3 Å². The second-order valence-electron chi connectivity index (χ2n) is 3.85. The average Bonchev–Trinajstić information content (AvgIpc) is 2.34. The molecule has 1 aromatic rings. The number of carboxylic acid groups (broad SMARTS) is 1. The summed E-state index contributed by atoms with van der Waals surface area (Å²) in [6, 6.07) is 1.33. The van der Waals surface area contributed by atoms with Crippen molar-refractivity contribution >= 4 is 16.0 Å². The number of carbonyl (C=O) groups is 1. The van der Waals surface area contributed by atoms with E-state index in [9.17, 15) is 26.4 Å². The predicted octanol–water partition coefficient (Wildman–Crippen LogP) is 1.20. The summed E-state index contributed by atoms with van der Waals surface area (Å²) in [5.41, 5.74) is -1.20. The molecule has 0 radical (unpaired) electrons. The molecule has 1 aromatic heterocycles. The normalized spacial score (nSPS) is 12.7. The van der Waals surface area contributed by atoms with E-state index in [4.69, 9.17) is 5.11 Å².